The number of aryl methyl sites for hydroxylation is 1. The van der Waals surface area contributed by atoms with Crippen LogP contribution < -0.4 is 10.1 Å². The molecule has 0 spiro atoms. The second kappa shape index (κ2) is 7.46. The van der Waals surface area contributed by atoms with Crippen LogP contribution in [0, 0.1) is 12.7 Å². The lowest BCUT2D eigenvalue weighted by atomic mass is 9.99. The van der Waals surface area contributed by atoms with Gasteiger partial charge in [-0.2, -0.15) is 0 Å². The van der Waals surface area contributed by atoms with E-state index in [2.05, 4.69) is 15.3 Å². The van der Waals surface area contributed by atoms with Gasteiger partial charge in [0, 0.05) is 36.2 Å². The summed E-state index contributed by atoms with van der Waals surface area (Å²) in [6.07, 6.45) is 1.41. The summed E-state index contributed by atoms with van der Waals surface area (Å²) < 4.78 is 22.4. The van der Waals surface area contributed by atoms with Crippen LogP contribution in [0.5, 0.6) is 5.75 Å². The maximum Gasteiger partial charge on any atom is 0.145 e. The van der Waals surface area contributed by atoms with Crippen molar-refractivity contribution in [3.63, 3.8) is 0 Å². The molecule has 4 atom stereocenters. The van der Waals surface area contributed by atoms with Gasteiger partial charge in [0.05, 0.1) is 16.8 Å². The van der Waals surface area contributed by atoms with Crippen LogP contribution in [0.1, 0.15) is 29.3 Å². The van der Waals surface area contributed by atoms with Crippen molar-refractivity contribution >= 4 is 22.6 Å². The predicted molar refractivity (Wildman–Crippen MR) is 109 cm³/mol. The van der Waals surface area contributed by atoms with E-state index in [9.17, 15) is 14.6 Å². The molecule has 1 aliphatic carbocycles. The molecule has 9 heteroatoms. The molecule has 2 aliphatic rings. The topological polar surface area (TPSA) is 92.4 Å². The molecule has 30 heavy (non-hydrogen) atoms. The number of hydrogen-bond donors (Lipinski definition) is 3. The highest BCUT2D eigenvalue weighted by Crippen LogP contribution is 2.39. The van der Waals surface area contributed by atoms with Crippen LogP contribution in [0.25, 0.3) is 11.0 Å². The smallest absolute Gasteiger partial charge is 0.145 e. The number of nitrogens with zero attached hydrogens (tertiary/aromatic N) is 3. The van der Waals surface area contributed by atoms with Crippen LogP contribution in [0.3, 0.4) is 0 Å². The van der Waals surface area contributed by atoms with E-state index in [0.717, 1.165) is 11.1 Å². The molecule has 3 aromatic rings. The van der Waals surface area contributed by atoms with Gasteiger partial charge >= 0.3 is 0 Å². The summed E-state index contributed by atoms with van der Waals surface area (Å²) in [5.74, 6) is 0.0234. The van der Waals surface area contributed by atoms with Crippen molar-refractivity contribution in [2.24, 2.45) is 0 Å². The zero-order valence-electron chi connectivity index (χ0n) is 16.3. The van der Waals surface area contributed by atoms with Gasteiger partial charge in [-0.15, -0.1) is 0 Å². The summed E-state index contributed by atoms with van der Waals surface area (Å²) in [4.78, 5) is 8.54. The van der Waals surface area contributed by atoms with Gasteiger partial charge in [0.15, 0.2) is 0 Å². The van der Waals surface area contributed by atoms with Crippen molar-refractivity contribution in [3.05, 3.63) is 52.3 Å². The SMILES string of the molecule is Cc1ncnc2c1ccn2[C@@H]1C[C@H](Oc2cc(Cl)c(F)c3c2CNCC3)[C@@H](O)[C@H]1O. The number of aromatic nitrogens is 3. The number of nitrogens with one attached hydrogen (secondary N) is 1. The molecule has 0 unspecified atom stereocenters. The van der Waals surface area contributed by atoms with E-state index in [1.807, 2.05) is 23.8 Å². The summed E-state index contributed by atoms with van der Waals surface area (Å²) in [6.45, 7) is 3.03. The minimum atomic E-state index is -1.11. The molecule has 1 aliphatic heterocycles. The molecule has 7 nitrogen and oxygen atoms in total. The second-order valence-electron chi connectivity index (χ2n) is 7.91. The Morgan fingerprint density at radius 2 is 2.10 bits per heavy atom. The van der Waals surface area contributed by atoms with E-state index in [0.29, 0.717) is 48.5 Å². The summed E-state index contributed by atoms with van der Waals surface area (Å²) in [5, 5.41) is 25.6. The average Bonchev–Trinajstić information content (AvgIpc) is 3.29. The lowest BCUT2D eigenvalue weighted by Crippen LogP contribution is -2.35. The van der Waals surface area contributed by atoms with Gasteiger partial charge in [0.25, 0.3) is 0 Å². The van der Waals surface area contributed by atoms with Crippen LogP contribution >= 0.6 is 11.6 Å². The van der Waals surface area contributed by atoms with Crippen molar-refractivity contribution < 1.29 is 19.3 Å². The minimum absolute atomic E-state index is 0.00110. The molecular weight excluding hydrogens is 411 g/mol. The maximum absolute atomic E-state index is 14.4. The molecule has 0 bridgehead atoms. The van der Waals surface area contributed by atoms with E-state index in [-0.39, 0.29) is 5.02 Å². The standard InChI is InChI=1S/C21H22ClFN4O3/c1-10-11-3-5-27(21(11)26-9-25-10)15-7-17(20(29)19(15)28)30-16-6-14(22)18(23)12-2-4-24-8-13(12)16/h3,5-6,9,15,17,19-20,24,28-29H,2,4,7-8H2,1H3/t15-,17+,19+,20-/m1/s1. The van der Waals surface area contributed by atoms with Crippen LogP contribution in [-0.4, -0.2) is 49.6 Å². The van der Waals surface area contributed by atoms with Gasteiger partial charge in [0.1, 0.15) is 41.9 Å². The monoisotopic (exact) mass is 432 g/mol. The molecule has 5 rings (SSSR count). The molecule has 1 fully saturated rings. The third-order valence-corrected chi connectivity index (χ3v) is 6.47. The Hall–Kier alpha value is -2.26. The summed E-state index contributed by atoms with van der Waals surface area (Å²) in [5.41, 5.74) is 2.80. The van der Waals surface area contributed by atoms with Crippen molar-refractivity contribution in [2.75, 3.05) is 6.54 Å². The van der Waals surface area contributed by atoms with Gasteiger partial charge in [-0.1, -0.05) is 11.6 Å². The van der Waals surface area contributed by atoms with Gasteiger partial charge < -0.3 is 24.8 Å². The molecule has 0 radical (unpaired) electrons. The molecule has 0 amide bonds. The molecular formula is C21H22ClFN4O3. The molecule has 3 heterocycles. The Balaban J connectivity index is 1.46. The molecule has 1 aromatic carbocycles. The Morgan fingerprint density at radius 3 is 2.93 bits per heavy atom. The third kappa shape index (κ3) is 3.06. The fourth-order valence-corrected chi connectivity index (χ4v) is 4.78. The summed E-state index contributed by atoms with van der Waals surface area (Å²) >= 11 is 6.09. The van der Waals surface area contributed by atoms with E-state index in [1.165, 1.54) is 12.4 Å². The Kier molecular flexibility index (Phi) is 4.89. The van der Waals surface area contributed by atoms with Crippen molar-refractivity contribution in [3.8, 4) is 5.75 Å². The van der Waals surface area contributed by atoms with Gasteiger partial charge in [0.2, 0.25) is 0 Å². The lowest BCUT2D eigenvalue weighted by molar-refractivity contribution is -0.0166. The Bertz CT molecular complexity index is 1120. The average molecular weight is 433 g/mol. The van der Waals surface area contributed by atoms with Crippen molar-refractivity contribution in [1.29, 1.82) is 0 Å². The number of rotatable bonds is 3. The number of benzene rings is 1. The van der Waals surface area contributed by atoms with Crippen LogP contribution in [0.4, 0.5) is 4.39 Å². The Morgan fingerprint density at radius 1 is 1.27 bits per heavy atom. The first-order valence-electron chi connectivity index (χ1n) is 9.97. The fraction of sp³-hybridized carbons (Fsp3) is 0.429. The molecule has 158 valence electrons. The highest BCUT2D eigenvalue weighted by molar-refractivity contribution is 6.31. The largest absolute Gasteiger partial charge is 0.487 e. The van der Waals surface area contributed by atoms with Crippen LogP contribution in [0.2, 0.25) is 5.02 Å². The number of aliphatic hydroxyl groups excluding tert-OH is 2. The van der Waals surface area contributed by atoms with Crippen molar-refractivity contribution in [1.82, 2.24) is 19.9 Å². The highest BCUT2D eigenvalue weighted by Gasteiger charge is 2.44. The zero-order chi connectivity index (χ0) is 21.0. The number of aliphatic hydroxyl groups is 2. The number of fused-ring (bicyclic) bond motifs is 2. The van der Waals surface area contributed by atoms with Gasteiger partial charge in [-0.25, -0.2) is 14.4 Å². The first-order valence-corrected chi connectivity index (χ1v) is 10.3. The van der Waals surface area contributed by atoms with Crippen LogP contribution in [0.15, 0.2) is 24.7 Å². The minimum Gasteiger partial charge on any atom is -0.487 e. The number of halogens is 2. The molecule has 1 saturated carbocycles. The molecule has 2 aromatic heterocycles. The normalized spacial score (nSPS) is 26.2. The van der Waals surface area contributed by atoms with Crippen LogP contribution in [-0.2, 0) is 13.0 Å². The van der Waals surface area contributed by atoms with Crippen molar-refractivity contribution in [2.45, 2.75) is 50.7 Å². The zero-order valence-corrected chi connectivity index (χ0v) is 17.1. The summed E-state index contributed by atoms with van der Waals surface area (Å²) in [7, 11) is 0. The quantitative estimate of drug-likeness (QED) is 0.588. The number of ether oxygens (including phenoxy) is 1. The Labute approximate surface area is 177 Å². The van der Waals surface area contributed by atoms with E-state index in [4.69, 9.17) is 16.3 Å². The summed E-state index contributed by atoms with van der Waals surface area (Å²) in [6, 6.07) is 2.94. The maximum atomic E-state index is 14.4. The van der Waals surface area contributed by atoms with E-state index >= 15 is 0 Å². The van der Waals surface area contributed by atoms with Gasteiger partial charge in [-0.05, 0) is 31.5 Å². The highest BCUT2D eigenvalue weighted by atomic mass is 35.5. The first kappa shape index (κ1) is 19.7. The van der Waals surface area contributed by atoms with E-state index in [1.54, 1.807) is 0 Å². The fourth-order valence-electron chi connectivity index (χ4n) is 4.57. The first-order chi connectivity index (χ1) is 14.5. The van der Waals surface area contributed by atoms with E-state index < -0.39 is 30.2 Å². The number of hydrogen-bond acceptors (Lipinski definition) is 6. The molecule has 0 saturated heterocycles. The third-order valence-electron chi connectivity index (χ3n) is 6.19. The molecule has 3 N–H and O–H groups in total. The second-order valence-corrected chi connectivity index (χ2v) is 8.32. The lowest BCUT2D eigenvalue weighted by Gasteiger charge is -2.25. The predicted octanol–water partition coefficient (Wildman–Crippen LogP) is 2.29. The van der Waals surface area contributed by atoms with Gasteiger partial charge in [-0.3, -0.25) is 0 Å².